The zero-order valence-electron chi connectivity index (χ0n) is 14.0. The van der Waals surface area contributed by atoms with Gasteiger partial charge in [-0.2, -0.15) is 0 Å². The van der Waals surface area contributed by atoms with Crippen molar-refractivity contribution in [3.05, 3.63) is 59.9 Å². The Morgan fingerprint density at radius 2 is 1.35 bits per heavy atom. The van der Waals surface area contributed by atoms with E-state index in [9.17, 15) is 18.8 Å². The number of hydrogen-bond acceptors (Lipinski definition) is 4. The average molecular weight is 356 g/mol. The number of rotatable bonds is 5. The number of nitrogens with one attached hydrogen (secondary N) is 2. The topological polar surface area (TPSA) is 84.5 Å². The van der Waals surface area contributed by atoms with Crippen molar-refractivity contribution in [1.29, 1.82) is 0 Å². The van der Waals surface area contributed by atoms with Crippen LogP contribution in [0.5, 0.6) is 0 Å². The minimum absolute atomic E-state index is 0.255. The quantitative estimate of drug-likeness (QED) is 0.807. The summed E-state index contributed by atoms with van der Waals surface area (Å²) in [6, 6.07) is 11.7. The summed E-state index contributed by atoms with van der Waals surface area (Å²) in [5.74, 6) is -2.18. The van der Waals surface area contributed by atoms with Crippen molar-refractivity contribution in [1.82, 2.24) is 0 Å². The van der Waals surface area contributed by atoms with Crippen molar-refractivity contribution in [3.63, 3.8) is 0 Å². The van der Waals surface area contributed by atoms with Crippen molar-refractivity contribution < 1.29 is 23.5 Å². The molecule has 2 atom stereocenters. The van der Waals surface area contributed by atoms with Crippen LogP contribution in [0.1, 0.15) is 16.8 Å². The molecule has 1 aliphatic rings. The Bertz CT molecular complexity index is 834. The average Bonchev–Trinajstić information content (AvgIpc) is 3.45. The molecule has 1 aliphatic carbocycles. The van der Waals surface area contributed by atoms with E-state index in [0.717, 1.165) is 0 Å². The second-order valence-electron chi connectivity index (χ2n) is 6.00. The number of halogens is 1. The molecule has 26 heavy (non-hydrogen) atoms. The first-order chi connectivity index (χ1) is 12.5. The Kier molecular flexibility index (Phi) is 4.97. The number of esters is 1. The lowest BCUT2D eigenvalue weighted by Crippen LogP contribution is -2.20. The maximum absolute atomic E-state index is 12.9. The van der Waals surface area contributed by atoms with E-state index in [4.69, 9.17) is 0 Å². The van der Waals surface area contributed by atoms with E-state index in [2.05, 4.69) is 15.4 Å². The van der Waals surface area contributed by atoms with Gasteiger partial charge in [0.25, 0.3) is 0 Å². The number of hydrogen-bond donors (Lipinski definition) is 2. The van der Waals surface area contributed by atoms with Gasteiger partial charge in [-0.15, -0.1) is 0 Å². The van der Waals surface area contributed by atoms with Crippen molar-refractivity contribution in [2.24, 2.45) is 11.8 Å². The minimum Gasteiger partial charge on any atom is -0.465 e. The van der Waals surface area contributed by atoms with Crippen LogP contribution >= 0.6 is 0 Å². The molecule has 2 aromatic rings. The molecule has 1 fully saturated rings. The number of methoxy groups -OCH3 is 1. The number of ether oxygens (including phenoxy) is 1. The molecule has 0 radical (unpaired) electrons. The van der Waals surface area contributed by atoms with Crippen LogP contribution in [0, 0.1) is 17.7 Å². The van der Waals surface area contributed by atoms with Crippen molar-refractivity contribution in [3.8, 4) is 0 Å². The molecule has 2 amide bonds. The summed E-state index contributed by atoms with van der Waals surface area (Å²) >= 11 is 0. The summed E-state index contributed by atoms with van der Waals surface area (Å²) in [5, 5.41) is 5.39. The van der Waals surface area contributed by atoms with Crippen molar-refractivity contribution in [2.45, 2.75) is 6.42 Å². The molecule has 6 nitrogen and oxygen atoms in total. The van der Waals surface area contributed by atoms with Crippen LogP contribution in [0.3, 0.4) is 0 Å². The summed E-state index contributed by atoms with van der Waals surface area (Å²) < 4.78 is 17.5. The predicted octanol–water partition coefficient (Wildman–Crippen LogP) is 2.83. The van der Waals surface area contributed by atoms with Crippen LogP contribution in [0.4, 0.5) is 15.8 Å². The van der Waals surface area contributed by atoms with E-state index in [1.807, 2.05) is 0 Å². The van der Waals surface area contributed by atoms with Gasteiger partial charge < -0.3 is 15.4 Å². The highest BCUT2D eigenvalue weighted by atomic mass is 19.1. The molecule has 3 rings (SSSR count). The SMILES string of the molecule is COC(=O)c1ccc(NC(=O)C2CC2C(=O)Nc2ccc(F)cc2)cc1. The molecular formula is C19H17FN2O4. The monoisotopic (exact) mass is 356 g/mol. The van der Waals surface area contributed by atoms with Crippen LogP contribution in [0.2, 0.25) is 0 Å². The molecule has 1 saturated carbocycles. The summed E-state index contributed by atoms with van der Waals surface area (Å²) in [7, 11) is 1.29. The van der Waals surface area contributed by atoms with E-state index in [-0.39, 0.29) is 17.6 Å². The Morgan fingerprint density at radius 3 is 1.81 bits per heavy atom. The standard InChI is InChI=1S/C19H17FN2O4/c1-26-19(25)11-2-6-13(7-3-11)21-17(23)15-10-16(15)18(24)22-14-8-4-12(20)5-9-14/h2-9,15-16H,10H2,1H3,(H,21,23)(H,22,24). The maximum atomic E-state index is 12.9. The third-order valence-electron chi connectivity index (χ3n) is 4.15. The van der Waals surface area contributed by atoms with Crippen LogP contribution in [-0.4, -0.2) is 24.9 Å². The molecule has 0 bridgehead atoms. The number of amides is 2. The Labute approximate surface area is 149 Å². The van der Waals surface area contributed by atoms with Gasteiger partial charge in [0.15, 0.2) is 0 Å². The van der Waals surface area contributed by atoms with Gasteiger partial charge in [0.05, 0.1) is 24.5 Å². The van der Waals surface area contributed by atoms with Crippen LogP contribution in [0.25, 0.3) is 0 Å². The fraction of sp³-hybridized carbons (Fsp3) is 0.211. The highest BCUT2D eigenvalue weighted by Crippen LogP contribution is 2.40. The molecule has 7 heteroatoms. The minimum atomic E-state index is -0.456. The molecule has 0 saturated heterocycles. The molecule has 0 heterocycles. The molecule has 134 valence electrons. The lowest BCUT2D eigenvalue weighted by molar-refractivity contribution is -0.122. The maximum Gasteiger partial charge on any atom is 0.337 e. The Morgan fingerprint density at radius 1 is 0.885 bits per heavy atom. The zero-order chi connectivity index (χ0) is 18.7. The molecule has 0 aromatic heterocycles. The van der Waals surface area contributed by atoms with Gasteiger partial charge in [0.2, 0.25) is 11.8 Å². The largest absolute Gasteiger partial charge is 0.465 e. The van der Waals surface area contributed by atoms with Crippen LogP contribution in [-0.2, 0) is 14.3 Å². The summed E-state index contributed by atoms with van der Waals surface area (Å²) in [6.45, 7) is 0. The van der Waals surface area contributed by atoms with Crippen LogP contribution < -0.4 is 10.6 Å². The highest BCUT2D eigenvalue weighted by Gasteiger charge is 2.48. The van der Waals surface area contributed by atoms with Crippen molar-refractivity contribution >= 4 is 29.2 Å². The van der Waals surface area contributed by atoms with Gasteiger partial charge in [-0.05, 0) is 55.0 Å². The second-order valence-corrected chi connectivity index (χ2v) is 6.00. The third-order valence-corrected chi connectivity index (χ3v) is 4.15. The first-order valence-electron chi connectivity index (χ1n) is 8.03. The summed E-state index contributed by atoms with van der Waals surface area (Å²) in [4.78, 5) is 35.7. The third kappa shape index (κ3) is 4.05. The highest BCUT2D eigenvalue weighted by molar-refractivity contribution is 6.03. The second kappa shape index (κ2) is 7.35. The number of carbonyl (C=O) groups excluding carboxylic acids is 3. The Balaban J connectivity index is 1.53. The van der Waals surface area contributed by atoms with E-state index in [1.165, 1.54) is 31.4 Å². The van der Waals surface area contributed by atoms with E-state index < -0.39 is 17.8 Å². The van der Waals surface area contributed by atoms with Crippen LogP contribution in [0.15, 0.2) is 48.5 Å². The van der Waals surface area contributed by atoms with Gasteiger partial charge in [0.1, 0.15) is 5.82 Å². The first kappa shape index (κ1) is 17.6. The fourth-order valence-corrected chi connectivity index (χ4v) is 2.59. The van der Waals surface area contributed by atoms with E-state index in [0.29, 0.717) is 23.4 Å². The molecule has 0 aliphatic heterocycles. The number of benzene rings is 2. The number of anilines is 2. The van der Waals surface area contributed by atoms with Gasteiger partial charge in [-0.3, -0.25) is 9.59 Å². The summed E-state index contributed by atoms with van der Waals surface area (Å²) in [5.41, 5.74) is 1.40. The lowest BCUT2D eigenvalue weighted by atomic mass is 10.2. The smallest absolute Gasteiger partial charge is 0.337 e. The Hall–Kier alpha value is -3.22. The predicted molar refractivity (Wildman–Crippen MR) is 93.0 cm³/mol. The van der Waals surface area contributed by atoms with Gasteiger partial charge in [0, 0.05) is 11.4 Å². The van der Waals surface area contributed by atoms with E-state index in [1.54, 1.807) is 24.3 Å². The van der Waals surface area contributed by atoms with Gasteiger partial charge >= 0.3 is 5.97 Å². The molecule has 2 aromatic carbocycles. The molecular weight excluding hydrogens is 339 g/mol. The summed E-state index contributed by atoms with van der Waals surface area (Å²) in [6.07, 6.45) is 0.457. The zero-order valence-corrected chi connectivity index (χ0v) is 14.0. The van der Waals surface area contributed by atoms with Gasteiger partial charge in [-0.25, -0.2) is 9.18 Å². The molecule has 0 spiro atoms. The normalized spacial score (nSPS) is 17.9. The molecule has 2 unspecified atom stereocenters. The fourth-order valence-electron chi connectivity index (χ4n) is 2.59. The molecule has 2 N–H and O–H groups in total. The number of carbonyl (C=O) groups is 3. The first-order valence-corrected chi connectivity index (χ1v) is 8.03. The van der Waals surface area contributed by atoms with E-state index >= 15 is 0 Å². The van der Waals surface area contributed by atoms with Crippen molar-refractivity contribution in [2.75, 3.05) is 17.7 Å². The lowest BCUT2D eigenvalue weighted by Gasteiger charge is -2.07. The van der Waals surface area contributed by atoms with Gasteiger partial charge in [-0.1, -0.05) is 0 Å².